The molecule has 3 rings (SSSR count). The number of halogens is 1. The number of pyridine rings is 1. The number of benzene rings is 1. The van der Waals surface area contributed by atoms with E-state index in [1.165, 1.54) is 6.20 Å². The zero-order valence-corrected chi connectivity index (χ0v) is 15.9. The van der Waals surface area contributed by atoms with Gasteiger partial charge in [0.25, 0.3) is 5.91 Å². The number of likely N-dealkylation sites (N-methyl/N-ethyl adjacent to an activating group) is 1. The van der Waals surface area contributed by atoms with Crippen LogP contribution in [0.1, 0.15) is 18.4 Å². The summed E-state index contributed by atoms with van der Waals surface area (Å²) in [6.07, 6.45) is 3.48. The first kappa shape index (κ1) is 19.1. The highest BCUT2D eigenvalue weighted by molar-refractivity contribution is 6.50. The molecule has 1 saturated heterocycles. The maximum absolute atomic E-state index is 12.6. The van der Waals surface area contributed by atoms with Gasteiger partial charge < -0.3 is 21.3 Å². The molecule has 5 N–H and O–H groups in total. The van der Waals surface area contributed by atoms with Crippen molar-refractivity contribution in [3.8, 4) is 0 Å². The molecule has 7 nitrogen and oxygen atoms in total. The number of carbonyl (C=O) groups excluding carboxylic acids is 1. The van der Waals surface area contributed by atoms with Gasteiger partial charge in [-0.15, -0.1) is 0 Å². The summed E-state index contributed by atoms with van der Waals surface area (Å²) < 4.78 is 0. The molecule has 142 valence electrons. The molecule has 1 aliphatic rings. The van der Waals surface area contributed by atoms with Crippen molar-refractivity contribution >= 4 is 40.4 Å². The summed E-state index contributed by atoms with van der Waals surface area (Å²) in [7, 11) is 2.06. The predicted octanol–water partition coefficient (Wildman–Crippen LogP) is 2.83. The number of nitrogen functional groups attached to an aromatic ring is 1. The first-order chi connectivity index (χ1) is 13.0. The van der Waals surface area contributed by atoms with Crippen molar-refractivity contribution in [2.75, 3.05) is 36.5 Å². The second-order valence-corrected chi connectivity index (χ2v) is 7.09. The van der Waals surface area contributed by atoms with E-state index in [-0.39, 0.29) is 23.1 Å². The van der Waals surface area contributed by atoms with Gasteiger partial charge in [0.15, 0.2) is 0 Å². The number of amides is 1. The minimum atomic E-state index is -0.569. The number of hydrogen-bond donors (Lipinski definition) is 4. The lowest BCUT2D eigenvalue weighted by atomic mass is 10.0. The molecule has 1 aromatic heterocycles. The van der Waals surface area contributed by atoms with Crippen molar-refractivity contribution in [1.82, 2.24) is 9.88 Å². The van der Waals surface area contributed by atoms with Gasteiger partial charge in [-0.1, -0.05) is 29.8 Å². The summed E-state index contributed by atoms with van der Waals surface area (Å²) in [5.41, 5.74) is 7.05. The smallest absolute Gasteiger partial charge is 0.274 e. The molecule has 0 unspecified atom stereocenters. The predicted molar refractivity (Wildman–Crippen MR) is 110 cm³/mol. The van der Waals surface area contributed by atoms with Crippen LogP contribution >= 0.6 is 11.6 Å². The fraction of sp³-hybridized carbons (Fsp3) is 0.316. The lowest BCUT2D eigenvalue weighted by Gasteiger charge is -2.31. The molecule has 0 radical (unpaired) electrons. The number of hydrogen-bond acceptors (Lipinski definition) is 6. The molecule has 0 bridgehead atoms. The molecule has 1 amide bonds. The van der Waals surface area contributed by atoms with Gasteiger partial charge in [0.2, 0.25) is 0 Å². The molecular weight excluding hydrogens is 364 g/mol. The number of nitrogens with two attached hydrogens (primary N) is 1. The quantitative estimate of drug-likeness (QED) is 0.591. The Morgan fingerprint density at radius 2 is 2.11 bits per heavy atom. The van der Waals surface area contributed by atoms with Gasteiger partial charge in [0.1, 0.15) is 11.5 Å². The molecule has 1 fully saturated rings. The van der Waals surface area contributed by atoms with E-state index in [9.17, 15) is 4.79 Å². The normalized spacial score (nSPS) is 17.3. The Morgan fingerprint density at radius 1 is 1.37 bits per heavy atom. The van der Waals surface area contributed by atoms with Crippen LogP contribution in [-0.2, 0) is 4.79 Å². The molecule has 0 aliphatic carbocycles. The SMILES string of the molecule is CN1CCC[C@@H](Nc2c(Cl)cnc(N)c2C(=N)C(=O)Nc2ccccc2)C1. The summed E-state index contributed by atoms with van der Waals surface area (Å²) in [6, 6.07) is 9.13. The molecule has 1 atom stereocenters. The van der Waals surface area contributed by atoms with Crippen molar-refractivity contribution < 1.29 is 4.79 Å². The van der Waals surface area contributed by atoms with Gasteiger partial charge >= 0.3 is 0 Å². The van der Waals surface area contributed by atoms with E-state index in [1.54, 1.807) is 24.3 Å². The van der Waals surface area contributed by atoms with E-state index in [0.29, 0.717) is 16.4 Å². The van der Waals surface area contributed by atoms with Crippen molar-refractivity contribution in [3.63, 3.8) is 0 Å². The number of nitrogens with one attached hydrogen (secondary N) is 3. The zero-order chi connectivity index (χ0) is 19.4. The van der Waals surface area contributed by atoms with Crippen LogP contribution in [0.4, 0.5) is 17.2 Å². The van der Waals surface area contributed by atoms with Crippen LogP contribution in [0.3, 0.4) is 0 Å². The van der Waals surface area contributed by atoms with Crippen LogP contribution in [-0.4, -0.2) is 47.7 Å². The Balaban J connectivity index is 1.86. The highest BCUT2D eigenvalue weighted by atomic mass is 35.5. The largest absolute Gasteiger partial charge is 0.383 e. The fourth-order valence-corrected chi connectivity index (χ4v) is 3.41. The standard InChI is InChI=1S/C19H23ClN6O/c1-26-9-5-8-13(11-26)24-17-14(20)10-23-18(22)15(17)16(21)19(27)25-12-6-3-2-4-7-12/h2-4,6-7,10,13,21H,5,8-9,11H2,1H3,(H,25,27)(H3,22,23,24)/t13-/m1/s1. The molecule has 2 heterocycles. The van der Waals surface area contributed by atoms with Crippen molar-refractivity contribution in [2.45, 2.75) is 18.9 Å². The zero-order valence-electron chi connectivity index (χ0n) is 15.1. The maximum Gasteiger partial charge on any atom is 0.274 e. The molecule has 8 heteroatoms. The van der Waals surface area contributed by atoms with Crippen LogP contribution in [0.2, 0.25) is 5.02 Å². The second-order valence-electron chi connectivity index (χ2n) is 6.68. The number of likely N-dealkylation sites (tertiary alicyclic amines) is 1. The van der Waals surface area contributed by atoms with E-state index in [4.69, 9.17) is 22.7 Å². The number of nitrogens with zero attached hydrogens (tertiary/aromatic N) is 2. The molecule has 2 aromatic rings. The minimum absolute atomic E-state index is 0.0966. The van der Waals surface area contributed by atoms with Crippen LogP contribution < -0.4 is 16.4 Å². The number of aromatic nitrogens is 1. The van der Waals surface area contributed by atoms with Gasteiger partial charge in [-0.05, 0) is 38.6 Å². The van der Waals surface area contributed by atoms with Crippen molar-refractivity contribution in [1.29, 1.82) is 5.41 Å². The molecule has 0 saturated carbocycles. The number of para-hydroxylation sites is 1. The third-order valence-electron chi connectivity index (χ3n) is 4.54. The van der Waals surface area contributed by atoms with E-state index in [0.717, 1.165) is 25.9 Å². The maximum atomic E-state index is 12.6. The van der Waals surface area contributed by atoms with Crippen molar-refractivity contribution in [2.24, 2.45) is 0 Å². The Bertz CT molecular complexity index is 842. The van der Waals surface area contributed by atoms with Crippen LogP contribution in [0.25, 0.3) is 0 Å². The Hall–Kier alpha value is -2.64. The molecule has 0 spiro atoms. The minimum Gasteiger partial charge on any atom is -0.383 e. The lowest BCUT2D eigenvalue weighted by Crippen LogP contribution is -2.40. The van der Waals surface area contributed by atoms with Crippen LogP contribution in [0.15, 0.2) is 36.5 Å². The first-order valence-electron chi connectivity index (χ1n) is 8.80. The summed E-state index contributed by atoms with van der Waals surface area (Å²) in [6.45, 7) is 1.90. The fourth-order valence-electron chi connectivity index (χ4n) is 3.21. The third-order valence-corrected chi connectivity index (χ3v) is 4.83. The summed E-state index contributed by atoms with van der Waals surface area (Å²) >= 11 is 6.34. The van der Waals surface area contributed by atoms with Gasteiger partial charge in [0.05, 0.1) is 22.5 Å². The molecule has 1 aliphatic heterocycles. The number of carbonyl (C=O) groups is 1. The summed E-state index contributed by atoms with van der Waals surface area (Å²) in [5.74, 6) is -0.472. The highest BCUT2D eigenvalue weighted by Gasteiger charge is 2.25. The number of rotatable bonds is 5. The van der Waals surface area contributed by atoms with Crippen LogP contribution in [0.5, 0.6) is 0 Å². The topological polar surface area (TPSA) is 107 Å². The Morgan fingerprint density at radius 3 is 2.81 bits per heavy atom. The molecule has 1 aromatic carbocycles. The van der Waals surface area contributed by atoms with E-state index >= 15 is 0 Å². The summed E-state index contributed by atoms with van der Waals surface area (Å²) in [5, 5.41) is 14.8. The van der Waals surface area contributed by atoms with E-state index < -0.39 is 5.91 Å². The Kier molecular flexibility index (Phi) is 5.93. The number of anilines is 3. The van der Waals surface area contributed by atoms with Gasteiger partial charge in [-0.2, -0.15) is 0 Å². The highest BCUT2D eigenvalue weighted by Crippen LogP contribution is 2.31. The summed E-state index contributed by atoms with van der Waals surface area (Å²) in [4.78, 5) is 18.8. The van der Waals surface area contributed by atoms with Gasteiger partial charge in [0, 0.05) is 18.3 Å². The monoisotopic (exact) mass is 386 g/mol. The first-order valence-corrected chi connectivity index (χ1v) is 9.18. The number of piperidine rings is 1. The Labute approximate surface area is 163 Å². The van der Waals surface area contributed by atoms with Gasteiger partial charge in [-0.25, -0.2) is 4.98 Å². The van der Waals surface area contributed by atoms with E-state index in [2.05, 4.69) is 27.6 Å². The van der Waals surface area contributed by atoms with E-state index in [1.807, 2.05) is 6.07 Å². The lowest BCUT2D eigenvalue weighted by molar-refractivity contribution is -0.110. The van der Waals surface area contributed by atoms with Crippen LogP contribution in [0, 0.1) is 5.41 Å². The van der Waals surface area contributed by atoms with Crippen molar-refractivity contribution in [3.05, 3.63) is 47.1 Å². The average Bonchev–Trinajstić information content (AvgIpc) is 2.65. The molecule has 27 heavy (non-hydrogen) atoms. The van der Waals surface area contributed by atoms with Gasteiger partial charge in [-0.3, -0.25) is 10.2 Å². The second kappa shape index (κ2) is 8.37. The average molecular weight is 387 g/mol. The molecular formula is C19H23ClN6O. The third kappa shape index (κ3) is 4.56.